The van der Waals surface area contributed by atoms with Crippen molar-refractivity contribution in [3.63, 3.8) is 0 Å². The van der Waals surface area contributed by atoms with Gasteiger partial charge < -0.3 is 0 Å². The summed E-state index contributed by atoms with van der Waals surface area (Å²) in [6.45, 7) is 2.08. The summed E-state index contributed by atoms with van der Waals surface area (Å²) in [6.07, 6.45) is 5.81. The van der Waals surface area contributed by atoms with Gasteiger partial charge in [0, 0.05) is 29.1 Å². The topological polar surface area (TPSA) is 47.3 Å². The third-order valence-electron chi connectivity index (χ3n) is 4.26. The molecule has 2 aromatic carbocycles. The van der Waals surface area contributed by atoms with Crippen LogP contribution in [0.2, 0.25) is 0 Å². The number of aldehydes is 1. The predicted molar refractivity (Wildman–Crippen MR) is 98.6 cm³/mol. The Kier molecular flexibility index (Phi) is 3.86. The van der Waals surface area contributed by atoms with Gasteiger partial charge in [-0.05, 0) is 12.0 Å². The summed E-state index contributed by atoms with van der Waals surface area (Å²) in [5.74, 6) is 0.686. The maximum atomic E-state index is 10.9. The fraction of sp³-hybridized carbons (Fsp3) is 0.0952. The Labute approximate surface area is 145 Å². The molecule has 0 saturated carbocycles. The molecule has 25 heavy (non-hydrogen) atoms. The number of imidazole rings is 1. The van der Waals surface area contributed by atoms with Crippen molar-refractivity contribution in [3.8, 4) is 22.4 Å². The Hall–Kier alpha value is -3.27. The maximum Gasteiger partial charge on any atom is 0.234 e. The van der Waals surface area contributed by atoms with Gasteiger partial charge in [0.1, 0.15) is 6.29 Å². The number of aromatic nitrogens is 3. The molecule has 2 aromatic heterocycles. The molecular formula is C21H17N3O. The zero-order valence-electron chi connectivity index (χ0n) is 13.9. The van der Waals surface area contributed by atoms with E-state index in [9.17, 15) is 4.79 Å². The van der Waals surface area contributed by atoms with Crippen molar-refractivity contribution < 1.29 is 4.79 Å². The summed E-state index contributed by atoms with van der Waals surface area (Å²) in [7, 11) is 0. The first-order valence-corrected chi connectivity index (χ1v) is 8.28. The molecule has 0 aliphatic rings. The van der Waals surface area contributed by atoms with Crippen molar-refractivity contribution in [2.45, 2.75) is 13.3 Å². The lowest BCUT2D eigenvalue weighted by molar-refractivity contribution is 0.112. The van der Waals surface area contributed by atoms with E-state index in [0.29, 0.717) is 11.3 Å². The predicted octanol–water partition coefficient (Wildman–Crippen LogP) is 4.44. The normalized spacial score (nSPS) is 10.9. The van der Waals surface area contributed by atoms with Gasteiger partial charge in [0.2, 0.25) is 5.78 Å². The van der Waals surface area contributed by atoms with Crippen molar-refractivity contribution >= 4 is 12.1 Å². The van der Waals surface area contributed by atoms with Gasteiger partial charge in [-0.1, -0.05) is 61.5 Å². The molecule has 0 aliphatic heterocycles. The number of benzene rings is 2. The minimum Gasteiger partial charge on any atom is -0.298 e. The van der Waals surface area contributed by atoms with Crippen LogP contribution in [0.4, 0.5) is 0 Å². The summed E-state index contributed by atoms with van der Waals surface area (Å²) in [6, 6.07) is 17.7. The van der Waals surface area contributed by atoms with E-state index in [1.807, 2.05) is 53.1 Å². The molecule has 2 heterocycles. The van der Waals surface area contributed by atoms with Crippen LogP contribution in [-0.4, -0.2) is 20.7 Å². The first-order valence-electron chi connectivity index (χ1n) is 8.28. The highest BCUT2D eigenvalue weighted by atomic mass is 16.1. The van der Waals surface area contributed by atoms with E-state index in [1.165, 1.54) is 0 Å². The SMILES string of the molecule is CCc1cn2cc(-c3ccccc3)c(-c3ccc(C=O)cc3)nc2n1. The highest BCUT2D eigenvalue weighted by Gasteiger charge is 2.13. The van der Waals surface area contributed by atoms with Gasteiger partial charge in [0.15, 0.2) is 0 Å². The van der Waals surface area contributed by atoms with Crippen LogP contribution in [0, 0.1) is 0 Å². The van der Waals surface area contributed by atoms with E-state index >= 15 is 0 Å². The molecule has 0 radical (unpaired) electrons. The molecule has 4 nitrogen and oxygen atoms in total. The molecule has 122 valence electrons. The fourth-order valence-electron chi connectivity index (χ4n) is 2.91. The number of fused-ring (bicyclic) bond motifs is 1. The van der Waals surface area contributed by atoms with Crippen LogP contribution < -0.4 is 0 Å². The third kappa shape index (κ3) is 2.83. The molecule has 0 amide bonds. The second-order valence-electron chi connectivity index (χ2n) is 5.90. The van der Waals surface area contributed by atoms with E-state index in [-0.39, 0.29) is 0 Å². The van der Waals surface area contributed by atoms with Crippen LogP contribution in [-0.2, 0) is 6.42 Å². The van der Waals surface area contributed by atoms with Crippen LogP contribution in [0.25, 0.3) is 28.2 Å². The van der Waals surface area contributed by atoms with Gasteiger partial charge in [0.05, 0.1) is 11.4 Å². The van der Waals surface area contributed by atoms with Gasteiger partial charge in [-0.25, -0.2) is 9.97 Å². The molecular weight excluding hydrogens is 310 g/mol. The number of aryl methyl sites for hydroxylation is 1. The van der Waals surface area contributed by atoms with Crippen LogP contribution in [0.3, 0.4) is 0 Å². The second-order valence-corrected chi connectivity index (χ2v) is 5.90. The Morgan fingerprint density at radius 3 is 2.36 bits per heavy atom. The Bertz CT molecular complexity index is 1030. The Morgan fingerprint density at radius 2 is 1.68 bits per heavy atom. The summed E-state index contributed by atoms with van der Waals surface area (Å²) >= 11 is 0. The van der Waals surface area contributed by atoms with Gasteiger partial charge >= 0.3 is 0 Å². The number of rotatable bonds is 4. The lowest BCUT2D eigenvalue weighted by atomic mass is 10.00. The van der Waals surface area contributed by atoms with Gasteiger partial charge in [-0.15, -0.1) is 0 Å². The number of nitrogens with zero attached hydrogens (tertiary/aromatic N) is 3. The molecule has 0 unspecified atom stereocenters. The number of carbonyl (C=O) groups is 1. The van der Waals surface area contributed by atoms with Crippen LogP contribution in [0.5, 0.6) is 0 Å². The molecule has 0 N–H and O–H groups in total. The molecule has 4 heteroatoms. The van der Waals surface area contributed by atoms with Crippen molar-refractivity contribution in [1.29, 1.82) is 0 Å². The summed E-state index contributed by atoms with van der Waals surface area (Å²) in [5, 5.41) is 0. The van der Waals surface area contributed by atoms with Crippen LogP contribution in [0.15, 0.2) is 67.0 Å². The molecule has 4 rings (SSSR count). The zero-order chi connectivity index (χ0) is 17.2. The molecule has 4 aromatic rings. The summed E-state index contributed by atoms with van der Waals surface area (Å²) in [4.78, 5) is 20.3. The van der Waals surface area contributed by atoms with Crippen molar-refractivity contribution in [2.75, 3.05) is 0 Å². The lowest BCUT2D eigenvalue weighted by Gasteiger charge is -2.10. The molecule has 0 atom stereocenters. The minimum absolute atomic E-state index is 0.653. The largest absolute Gasteiger partial charge is 0.298 e. The van der Waals surface area contributed by atoms with Crippen molar-refractivity contribution in [3.05, 3.63) is 78.2 Å². The summed E-state index contributed by atoms with van der Waals surface area (Å²) in [5.41, 5.74) is 5.63. The van der Waals surface area contributed by atoms with Gasteiger partial charge in [0.25, 0.3) is 0 Å². The van der Waals surface area contributed by atoms with Gasteiger partial charge in [-0.3, -0.25) is 9.20 Å². The zero-order valence-corrected chi connectivity index (χ0v) is 13.9. The average Bonchev–Trinajstić information content (AvgIpc) is 3.10. The third-order valence-corrected chi connectivity index (χ3v) is 4.26. The number of carbonyl (C=O) groups excluding carboxylic acids is 1. The van der Waals surface area contributed by atoms with E-state index in [0.717, 1.165) is 40.8 Å². The molecule has 0 aliphatic carbocycles. The Balaban J connectivity index is 1.97. The molecule has 0 fully saturated rings. The Morgan fingerprint density at radius 1 is 0.920 bits per heavy atom. The smallest absolute Gasteiger partial charge is 0.234 e. The van der Waals surface area contributed by atoms with E-state index < -0.39 is 0 Å². The number of hydrogen-bond donors (Lipinski definition) is 0. The standard InChI is InChI=1S/C21H17N3O/c1-2-18-12-24-13-19(16-6-4-3-5-7-16)20(23-21(24)22-18)17-10-8-15(14-25)9-11-17/h3-14H,2H2,1H3. The first-order chi connectivity index (χ1) is 12.3. The number of hydrogen-bond acceptors (Lipinski definition) is 3. The molecule has 0 bridgehead atoms. The first kappa shape index (κ1) is 15.3. The molecule has 0 saturated heterocycles. The van der Waals surface area contributed by atoms with E-state index in [4.69, 9.17) is 4.98 Å². The molecule has 0 spiro atoms. The van der Waals surface area contributed by atoms with Crippen LogP contribution in [0.1, 0.15) is 23.0 Å². The highest BCUT2D eigenvalue weighted by Crippen LogP contribution is 2.31. The summed E-state index contributed by atoms with van der Waals surface area (Å²) < 4.78 is 1.98. The van der Waals surface area contributed by atoms with Crippen molar-refractivity contribution in [1.82, 2.24) is 14.4 Å². The quantitative estimate of drug-likeness (QED) is 0.521. The lowest BCUT2D eigenvalue weighted by Crippen LogP contribution is -1.96. The van der Waals surface area contributed by atoms with E-state index in [2.05, 4.69) is 30.2 Å². The second kappa shape index (κ2) is 6.32. The fourth-order valence-corrected chi connectivity index (χ4v) is 2.91. The highest BCUT2D eigenvalue weighted by molar-refractivity contribution is 5.83. The minimum atomic E-state index is 0.653. The monoisotopic (exact) mass is 327 g/mol. The van der Waals surface area contributed by atoms with Gasteiger partial charge in [-0.2, -0.15) is 0 Å². The maximum absolute atomic E-state index is 10.9. The van der Waals surface area contributed by atoms with Crippen molar-refractivity contribution in [2.24, 2.45) is 0 Å². The average molecular weight is 327 g/mol. The van der Waals surface area contributed by atoms with Crippen LogP contribution >= 0.6 is 0 Å². The van der Waals surface area contributed by atoms with E-state index in [1.54, 1.807) is 0 Å².